The van der Waals surface area contributed by atoms with Gasteiger partial charge >= 0.3 is 5.97 Å². The Bertz CT molecular complexity index is 823. The Hall–Kier alpha value is -2.91. The van der Waals surface area contributed by atoms with Gasteiger partial charge in [-0.15, -0.1) is 0 Å². The smallest absolute Gasteiger partial charge is 0.329 e. The summed E-state index contributed by atoms with van der Waals surface area (Å²) in [6, 6.07) is 30.4. The Morgan fingerprint density at radius 3 is 1.64 bits per heavy atom. The lowest BCUT2D eigenvalue weighted by Gasteiger charge is -2.20. The average molecular weight is 329 g/mol. The van der Waals surface area contributed by atoms with Gasteiger partial charge in [-0.25, -0.2) is 0 Å². The number of nitrogens with two attached hydrogens (primary N) is 1. The summed E-state index contributed by atoms with van der Waals surface area (Å²) in [5.41, 5.74) is 2.86. The van der Waals surface area contributed by atoms with Crippen LogP contribution in [0.15, 0.2) is 91.0 Å². The van der Waals surface area contributed by atoms with Gasteiger partial charge in [-0.1, -0.05) is 91.0 Å². The van der Waals surface area contributed by atoms with E-state index in [1.165, 1.54) is 0 Å². The van der Waals surface area contributed by atoms with Gasteiger partial charge in [0.25, 0.3) is 0 Å². The van der Waals surface area contributed by atoms with Gasteiger partial charge in [-0.2, -0.15) is 5.90 Å². The van der Waals surface area contributed by atoms with E-state index in [0.29, 0.717) is 0 Å². The van der Waals surface area contributed by atoms with E-state index in [1.54, 1.807) is 0 Å². The largest absolute Gasteiger partial charge is 0.373 e. The second-order valence-corrected chi connectivity index (χ2v) is 6.40. The van der Waals surface area contributed by atoms with E-state index in [4.69, 9.17) is 5.90 Å². The predicted molar refractivity (Wildman–Crippen MR) is 96.6 cm³/mol. The minimum atomic E-state index is -0.458. The highest BCUT2D eigenvalue weighted by atomic mass is 16.7. The minimum Gasteiger partial charge on any atom is -0.373 e. The fourth-order valence-corrected chi connectivity index (χ4v) is 4.21. The van der Waals surface area contributed by atoms with Gasteiger partial charge in [-0.3, -0.25) is 4.79 Å². The maximum atomic E-state index is 12.6. The summed E-state index contributed by atoms with van der Waals surface area (Å²) in [4.78, 5) is 17.3. The van der Waals surface area contributed by atoms with Crippen molar-refractivity contribution in [1.29, 1.82) is 0 Å². The van der Waals surface area contributed by atoms with Crippen molar-refractivity contribution < 1.29 is 9.63 Å². The molecule has 0 aliphatic heterocycles. The molecule has 2 N–H and O–H groups in total. The van der Waals surface area contributed by atoms with Crippen LogP contribution in [0.1, 0.15) is 22.6 Å². The van der Waals surface area contributed by atoms with Gasteiger partial charge in [0.1, 0.15) is 0 Å². The van der Waals surface area contributed by atoms with Gasteiger partial charge < -0.3 is 4.84 Å². The third-order valence-corrected chi connectivity index (χ3v) is 5.24. The van der Waals surface area contributed by atoms with E-state index in [1.807, 2.05) is 54.6 Å². The van der Waals surface area contributed by atoms with E-state index in [0.717, 1.165) is 16.7 Å². The maximum Gasteiger partial charge on any atom is 0.329 e. The Morgan fingerprint density at radius 2 is 1.20 bits per heavy atom. The molecule has 0 heterocycles. The third-order valence-electron chi connectivity index (χ3n) is 5.24. The lowest BCUT2D eigenvalue weighted by Crippen LogP contribution is -2.20. The van der Waals surface area contributed by atoms with Crippen molar-refractivity contribution >= 4 is 5.97 Å². The van der Waals surface area contributed by atoms with E-state index >= 15 is 0 Å². The Kier molecular flexibility index (Phi) is 3.86. The summed E-state index contributed by atoms with van der Waals surface area (Å²) in [7, 11) is 0. The fourth-order valence-electron chi connectivity index (χ4n) is 4.21. The van der Waals surface area contributed by atoms with Crippen molar-refractivity contribution in [3.63, 3.8) is 0 Å². The number of benzene rings is 3. The van der Waals surface area contributed by atoms with Crippen LogP contribution in [0, 0.1) is 5.92 Å². The van der Waals surface area contributed by atoms with Gasteiger partial charge in [-0.05, 0) is 16.7 Å². The fraction of sp³-hybridized carbons (Fsp3) is 0.136. The Morgan fingerprint density at radius 1 is 0.760 bits per heavy atom. The third kappa shape index (κ3) is 2.36. The van der Waals surface area contributed by atoms with Crippen LogP contribution in [0.25, 0.3) is 0 Å². The number of hydrogen-bond donors (Lipinski definition) is 1. The molecule has 1 aliphatic rings. The molecule has 3 aromatic carbocycles. The maximum absolute atomic E-state index is 12.6. The molecule has 4 rings (SSSR count). The molecule has 0 bridgehead atoms. The summed E-state index contributed by atoms with van der Waals surface area (Å²) in [5, 5.41) is 0. The highest BCUT2D eigenvalue weighted by Crippen LogP contribution is 2.69. The van der Waals surface area contributed by atoms with Crippen molar-refractivity contribution in [1.82, 2.24) is 0 Å². The lowest BCUT2D eigenvalue weighted by atomic mass is 9.83. The van der Waals surface area contributed by atoms with Crippen molar-refractivity contribution in [2.24, 2.45) is 11.8 Å². The zero-order valence-corrected chi connectivity index (χ0v) is 13.7. The van der Waals surface area contributed by atoms with Crippen LogP contribution in [0.2, 0.25) is 0 Å². The highest BCUT2D eigenvalue weighted by molar-refractivity contribution is 5.84. The molecule has 3 aromatic rings. The zero-order valence-electron chi connectivity index (χ0n) is 13.7. The van der Waals surface area contributed by atoms with Crippen LogP contribution in [-0.2, 0) is 15.0 Å². The molecule has 0 spiro atoms. The second-order valence-electron chi connectivity index (χ2n) is 6.40. The van der Waals surface area contributed by atoms with Gasteiger partial charge in [0.15, 0.2) is 0 Å². The molecular formula is C22H19NO2. The molecular weight excluding hydrogens is 310 g/mol. The first kappa shape index (κ1) is 15.6. The van der Waals surface area contributed by atoms with E-state index in [-0.39, 0.29) is 17.8 Å². The first-order valence-electron chi connectivity index (χ1n) is 8.36. The minimum absolute atomic E-state index is 0.00505. The van der Waals surface area contributed by atoms with Crippen molar-refractivity contribution in [2.45, 2.75) is 11.3 Å². The van der Waals surface area contributed by atoms with Crippen LogP contribution in [0.5, 0.6) is 0 Å². The van der Waals surface area contributed by atoms with Gasteiger partial charge in [0, 0.05) is 11.3 Å². The summed E-state index contributed by atoms with van der Waals surface area (Å²) >= 11 is 0. The molecule has 1 fully saturated rings. The molecule has 0 amide bonds. The van der Waals surface area contributed by atoms with Crippen molar-refractivity contribution in [3.05, 3.63) is 108 Å². The summed E-state index contributed by atoms with van der Waals surface area (Å²) in [6.45, 7) is 0. The number of carbonyl (C=O) groups is 1. The molecule has 25 heavy (non-hydrogen) atoms. The molecule has 124 valence electrons. The number of hydrogen-bond acceptors (Lipinski definition) is 3. The summed E-state index contributed by atoms with van der Waals surface area (Å²) in [5.74, 6) is 4.56. The quantitative estimate of drug-likeness (QED) is 0.741. The first-order chi connectivity index (χ1) is 12.3. The lowest BCUT2D eigenvalue weighted by molar-refractivity contribution is -0.146. The van der Waals surface area contributed by atoms with Crippen LogP contribution < -0.4 is 5.90 Å². The van der Waals surface area contributed by atoms with Crippen LogP contribution >= 0.6 is 0 Å². The summed E-state index contributed by atoms with van der Waals surface area (Å²) in [6.07, 6.45) is 0. The van der Waals surface area contributed by atoms with Gasteiger partial charge in [0.2, 0.25) is 0 Å². The SMILES string of the molecule is NOC(=O)C1C(c2ccccc2)C1(c1ccccc1)c1ccccc1. The van der Waals surface area contributed by atoms with Crippen LogP contribution in [-0.4, -0.2) is 5.97 Å². The molecule has 2 atom stereocenters. The predicted octanol–water partition coefficient (Wildman–Crippen LogP) is 3.80. The molecule has 2 unspecified atom stereocenters. The van der Waals surface area contributed by atoms with Crippen LogP contribution in [0.3, 0.4) is 0 Å². The Labute approximate surface area is 147 Å². The van der Waals surface area contributed by atoms with E-state index in [9.17, 15) is 4.79 Å². The molecule has 1 aliphatic carbocycles. The number of carbonyl (C=O) groups excluding carboxylic acids is 1. The normalized spacial score (nSPS) is 20.7. The standard InChI is InChI=1S/C22H19NO2/c23-25-21(24)20-19(16-10-4-1-5-11-16)22(20,17-12-6-2-7-13-17)18-14-8-3-9-15-18/h1-15,19-20H,23H2. The topological polar surface area (TPSA) is 52.3 Å². The van der Waals surface area contributed by atoms with Crippen molar-refractivity contribution in [3.8, 4) is 0 Å². The highest BCUT2D eigenvalue weighted by Gasteiger charge is 2.70. The summed E-state index contributed by atoms with van der Waals surface area (Å²) < 4.78 is 0. The van der Waals surface area contributed by atoms with Crippen molar-refractivity contribution in [2.75, 3.05) is 0 Å². The molecule has 0 radical (unpaired) electrons. The molecule has 3 heteroatoms. The molecule has 0 saturated heterocycles. The van der Waals surface area contributed by atoms with E-state index < -0.39 is 5.41 Å². The molecule has 3 nitrogen and oxygen atoms in total. The zero-order chi connectivity index (χ0) is 17.3. The first-order valence-corrected chi connectivity index (χ1v) is 8.36. The molecule has 1 saturated carbocycles. The van der Waals surface area contributed by atoms with E-state index in [2.05, 4.69) is 41.2 Å². The molecule has 0 aromatic heterocycles. The second kappa shape index (κ2) is 6.19. The number of rotatable bonds is 4. The average Bonchev–Trinajstić information content (AvgIpc) is 3.41. The van der Waals surface area contributed by atoms with Gasteiger partial charge in [0.05, 0.1) is 5.92 Å². The monoisotopic (exact) mass is 329 g/mol. The Balaban J connectivity index is 1.95. The van der Waals surface area contributed by atoms with Crippen LogP contribution in [0.4, 0.5) is 0 Å².